The van der Waals surface area contributed by atoms with Crippen molar-refractivity contribution in [3.63, 3.8) is 0 Å². The van der Waals surface area contributed by atoms with Crippen LogP contribution in [0.4, 0.5) is 0 Å². The van der Waals surface area contributed by atoms with Crippen molar-refractivity contribution >= 4 is 16.2 Å². The number of carboxylic acids is 1. The Labute approximate surface area is 111 Å². The van der Waals surface area contributed by atoms with Gasteiger partial charge in [-0.2, -0.15) is 22.5 Å². The van der Waals surface area contributed by atoms with Gasteiger partial charge < -0.3 is 5.11 Å². The second-order valence-electron chi connectivity index (χ2n) is 4.42. The van der Waals surface area contributed by atoms with Crippen molar-refractivity contribution in [1.82, 2.24) is 19.2 Å². The Bertz CT molecular complexity index is 520. The number of rotatable bonds is 5. The Kier molecular flexibility index (Phi) is 4.17. The molecule has 0 saturated carbocycles. The molecular weight excluding hydrogens is 272 g/mol. The molecule has 8 nitrogen and oxygen atoms in total. The zero-order valence-electron chi connectivity index (χ0n) is 10.2. The van der Waals surface area contributed by atoms with Crippen molar-refractivity contribution < 1.29 is 18.3 Å². The third-order valence-corrected chi connectivity index (χ3v) is 4.70. The van der Waals surface area contributed by atoms with Gasteiger partial charge >= 0.3 is 5.97 Å². The van der Waals surface area contributed by atoms with Crippen molar-refractivity contribution in [3.8, 4) is 0 Å². The number of aromatic amines is 1. The monoisotopic (exact) mass is 288 g/mol. The Balaban J connectivity index is 1.88. The number of nitrogens with one attached hydrogen (secondary N) is 2. The van der Waals surface area contributed by atoms with Crippen molar-refractivity contribution in [2.24, 2.45) is 5.92 Å². The first kappa shape index (κ1) is 14.0. The van der Waals surface area contributed by atoms with Gasteiger partial charge in [0.25, 0.3) is 10.2 Å². The summed E-state index contributed by atoms with van der Waals surface area (Å²) >= 11 is 0. The molecule has 1 aliphatic heterocycles. The molecule has 0 radical (unpaired) electrons. The minimum absolute atomic E-state index is 0.140. The standard InChI is InChI=1S/C10H16N4O4S/c15-10(16)8-2-5-14(6-3-8)19(17,18)12-7-9-1-4-11-13-9/h1,4,8,12H,2-3,5-7H2,(H,11,13)(H,15,16). The van der Waals surface area contributed by atoms with Gasteiger partial charge in [0.1, 0.15) is 0 Å². The number of hydrogen-bond donors (Lipinski definition) is 3. The summed E-state index contributed by atoms with van der Waals surface area (Å²) in [5.74, 6) is -1.30. The van der Waals surface area contributed by atoms with Gasteiger partial charge in [0, 0.05) is 19.3 Å². The summed E-state index contributed by atoms with van der Waals surface area (Å²) in [4.78, 5) is 10.8. The summed E-state index contributed by atoms with van der Waals surface area (Å²) in [5, 5.41) is 15.2. The molecule has 3 N–H and O–H groups in total. The maximum atomic E-state index is 12.0. The average Bonchev–Trinajstić information content (AvgIpc) is 2.90. The number of nitrogens with zero attached hydrogens (tertiary/aromatic N) is 2. The Morgan fingerprint density at radius 2 is 2.21 bits per heavy atom. The van der Waals surface area contributed by atoms with Crippen LogP contribution in [-0.2, 0) is 21.5 Å². The van der Waals surface area contributed by atoms with Crippen LogP contribution in [-0.4, -0.2) is 47.1 Å². The van der Waals surface area contributed by atoms with Crippen LogP contribution in [0.3, 0.4) is 0 Å². The quantitative estimate of drug-likeness (QED) is 0.678. The minimum Gasteiger partial charge on any atom is -0.481 e. The van der Waals surface area contributed by atoms with Crippen LogP contribution in [0, 0.1) is 5.92 Å². The largest absolute Gasteiger partial charge is 0.481 e. The number of aromatic nitrogens is 2. The average molecular weight is 288 g/mol. The van der Waals surface area contributed by atoms with E-state index in [9.17, 15) is 13.2 Å². The summed E-state index contributed by atoms with van der Waals surface area (Å²) in [6.07, 6.45) is 2.24. The fraction of sp³-hybridized carbons (Fsp3) is 0.600. The van der Waals surface area contributed by atoms with E-state index in [1.54, 1.807) is 12.3 Å². The van der Waals surface area contributed by atoms with Gasteiger partial charge in [-0.05, 0) is 18.9 Å². The van der Waals surface area contributed by atoms with Crippen molar-refractivity contribution in [2.45, 2.75) is 19.4 Å². The fourth-order valence-electron chi connectivity index (χ4n) is 1.99. The van der Waals surface area contributed by atoms with Gasteiger partial charge in [-0.15, -0.1) is 0 Å². The molecule has 0 amide bonds. The molecule has 0 aliphatic carbocycles. The van der Waals surface area contributed by atoms with E-state index in [0.29, 0.717) is 18.5 Å². The molecule has 0 bridgehead atoms. The molecule has 1 saturated heterocycles. The molecule has 19 heavy (non-hydrogen) atoms. The Morgan fingerprint density at radius 1 is 1.53 bits per heavy atom. The van der Waals surface area contributed by atoms with Crippen LogP contribution in [0.2, 0.25) is 0 Å². The van der Waals surface area contributed by atoms with Crippen LogP contribution >= 0.6 is 0 Å². The molecule has 106 valence electrons. The maximum Gasteiger partial charge on any atom is 0.306 e. The van der Waals surface area contributed by atoms with Crippen molar-refractivity contribution in [1.29, 1.82) is 0 Å². The number of piperidine rings is 1. The summed E-state index contributed by atoms with van der Waals surface area (Å²) in [7, 11) is -3.57. The normalized spacial score (nSPS) is 18.5. The second-order valence-corrected chi connectivity index (χ2v) is 6.17. The zero-order chi connectivity index (χ0) is 13.9. The number of aliphatic carboxylic acids is 1. The first-order chi connectivity index (χ1) is 8.99. The highest BCUT2D eigenvalue weighted by Crippen LogP contribution is 2.19. The molecule has 0 atom stereocenters. The smallest absolute Gasteiger partial charge is 0.306 e. The van der Waals surface area contributed by atoms with Crippen LogP contribution < -0.4 is 4.72 Å². The van der Waals surface area contributed by atoms with E-state index in [0.717, 1.165) is 0 Å². The van der Waals surface area contributed by atoms with E-state index in [-0.39, 0.29) is 19.6 Å². The van der Waals surface area contributed by atoms with Crippen LogP contribution in [0.1, 0.15) is 18.5 Å². The first-order valence-electron chi connectivity index (χ1n) is 5.95. The molecule has 0 aromatic carbocycles. The van der Waals surface area contributed by atoms with E-state index in [2.05, 4.69) is 14.9 Å². The van der Waals surface area contributed by atoms with E-state index in [1.807, 2.05) is 0 Å². The topological polar surface area (TPSA) is 115 Å². The van der Waals surface area contributed by atoms with Crippen LogP contribution in [0.25, 0.3) is 0 Å². The molecule has 1 aromatic rings. The zero-order valence-corrected chi connectivity index (χ0v) is 11.1. The van der Waals surface area contributed by atoms with Gasteiger partial charge in [-0.1, -0.05) is 0 Å². The Hall–Kier alpha value is -1.45. The van der Waals surface area contributed by atoms with E-state index in [4.69, 9.17) is 5.11 Å². The number of carboxylic acid groups (broad SMARTS) is 1. The lowest BCUT2D eigenvalue weighted by Crippen LogP contribution is -2.45. The van der Waals surface area contributed by atoms with Gasteiger partial charge in [0.05, 0.1) is 18.2 Å². The summed E-state index contributed by atoms with van der Waals surface area (Å²) in [6.45, 7) is 0.603. The van der Waals surface area contributed by atoms with Crippen LogP contribution in [0.5, 0.6) is 0 Å². The van der Waals surface area contributed by atoms with E-state index >= 15 is 0 Å². The third kappa shape index (κ3) is 3.52. The minimum atomic E-state index is -3.57. The highest BCUT2D eigenvalue weighted by Gasteiger charge is 2.30. The van der Waals surface area contributed by atoms with Gasteiger partial charge in [-0.25, -0.2) is 0 Å². The highest BCUT2D eigenvalue weighted by atomic mass is 32.2. The third-order valence-electron chi connectivity index (χ3n) is 3.15. The van der Waals surface area contributed by atoms with E-state index < -0.39 is 22.1 Å². The van der Waals surface area contributed by atoms with Crippen LogP contribution in [0.15, 0.2) is 12.3 Å². The van der Waals surface area contributed by atoms with Gasteiger partial charge in [0.15, 0.2) is 0 Å². The summed E-state index contributed by atoms with van der Waals surface area (Å²) in [6, 6.07) is 1.68. The predicted molar refractivity (Wildman–Crippen MR) is 66.3 cm³/mol. The summed E-state index contributed by atoms with van der Waals surface area (Å²) < 4.78 is 27.7. The number of hydrogen-bond acceptors (Lipinski definition) is 4. The molecule has 9 heteroatoms. The Morgan fingerprint density at radius 3 is 2.74 bits per heavy atom. The fourth-order valence-corrected chi connectivity index (χ4v) is 3.20. The predicted octanol–water partition coefficient (Wildman–Crippen LogP) is -0.459. The van der Waals surface area contributed by atoms with Gasteiger partial charge in [-0.3, -0.25) is 9.89 Å². The number of carbonyl (C=O) groups is 1. The SMILES string of the molecule is O=C(O)C1CCN(S(=O)(=O)NCc2ccn[nH]2)CC1. The van der Waals surface area contributed by atoms with Crippen molar-refractivity contribution in [2.75, 3.05) is 13.1 Å². The lowest BCUT2D eigenvalue weighted by Gasteiger charge is -2.29. The molecular formula is C10H16N4O4S. The van der Waals surface area contributed by atoms with Gasteiger partial charge in [0.2, 0.25) is 0 Å². The summed E-state index contributed by atoms with van der Waals surface area (Å²) in [5.41, 5.74) is 0.670. The molecule has 2 heterocycles. The lowest BCUT2D eigenvalue weighted by molar-refractivity contribution is -0.142. The molecule has 1 fully saturated rings. The molecule has 1 aromatic heterocycles. The van der Waals surface area contributed by atoms with E-state index in [1.165, 1.54) is 4.31 Å². The second kappa shape index (κ2) is 5.68. The molecule has 0 spiro atoms. The molecule has 0 unspecified atom stereocenters. The lowest BCUT2D eigenvalue weighted by atomic mass is 9.99. The number of H-pyrrole nitrogens is 1. The maximum absolute atomic E-state index is 12.0. The molecule has 2 rings (SSSR count). The molecule has 1 aliphatic rings. The first-order valence-corrected chi connectivity index (χ1v) is 7.39. The van der Waals surface area contributed by atoms with Crippen molar-refractivity contribution in [3.05, 3.63) is 18.0 Å². The highest BCUT2D eigenvalue weighted by molar-refractivity contribution is 7.87.